The van der Waals surface area contributed by atoms with Gasteiger partial charge in [-0.2, -0.15) is 0 Å². The summed E-state index contributed by atoms with van der Waals surface area (Å²) in [5.74, 6) is 0.824. The van der Waals surface area contributed by atoms with E-state index in [0.29, 0.717) is 12.2 Å². The number of hydrogen-bond donors (Lipinski definition) is 1. The Hall–Kier alpha value is -2.57. The van der Waals surface area contributed by atoms with Crippen LogP contribution in [0.25, 0.3) is 11.0 Å². The fourth-order valence-corrected chi connectivity index (χ4v) is 3.13. The predicted molar refractivity (Wildman–Crippen MR) is 103 cm³/mol. The van der Waals surface area contributed by atoms with Gasteiger partial charge >= 0.3 is 6.09 Å². The zero-order valence-electron chi connectivity index (χ0n) is 15.9. The van der Waals surface area contributed by atoms with Crippen LogP contribution in [0.1, 0.15) is 33.6 Å². The predicted octanol–water partition coefficient (Wildman–Crippen LogP) is 3.05. The van der Waals surface area contributed by atoms with Gasteiger partial charge in [0.25, 0.3) is 0 Å². The Balaban J connectivity index is 1.74. The van der Waals surface area contributed by atoms with Gasteiger partial charge in [-0.15, -0.1) is 0 Å². The number of fused-ring (bicyclic) bond motifs is 1. The number of aromatic nitrogens is 2. The molecule has 1 amide bonds. The Morgan fingerprint density at radius 1 is 1.35 bits per heavy atom. The van der Waals surface area contributed by atoms with Gasteiger partial charge in [-0.25, -0.2) is 9.78 Å². The van der Waals surface area contributed by atoms with E-state index in [1.165, 1.54) is 0 Å². The van der Waals surface area contributed by atoms with E-state index in [1.54, 1.807) is 18.1 Å². The van der Waals surface area contributed by atoms with Gasteiger partial charge in [0.15, 0.2) is 0 Å². The first-order chi connectivity index (χ1) is 12.2. The van der Waals surface area contributed by atoms with Gasteiger partial charge in [-0.1, -0.05) is 0 Å². The van der Waals surface area contributed by atoms with Crippen molar-refractivity contribution >= 4 is 28.6 Å². The van der Waals surface area contributed by atoms with Crippen LogP contribution < -0.4 is 10.6 Å². The number of likely N-dealkylation sites (N-methyl/N-ethyl adjacent to an activating group) is 1. The Bertz CT molecular complexity index is 802. The lowest BCUT2D eigenvalue weighted by Crippen LogP contribution is -2.50. The van der Waals surface area contributed by atoms with Gasteiger partial charge in [0.05, 0.1) is 23.3 Å². The van der Waals surface area contributed by atoms with E-state index >= 15 is 0 Å². The molecule has 1 aliphatic rings. The molecule has 1 aliphatic heterocycles. The number of ether oxygens (including phenoxy) is 1. The number of rotatable bonds is 2. The fraction of sp³-hybridized carbons (Fsp3) is 0.526. The minimum absolute atomic E-state index is 0.0857. The van der Waals surface area contributed by atoms with Crippen molar-refractivity contribution in [1.29, 1.82) is 0 Å². The summed E-state index contributed by atoms with van der Waals surface area (Å²) in [6.45, 7) is 7.24. The maximum absolute atomic E-state index is 12.4. The van der Waals surface area contributed by atoms with E-state index in [-0.39, 0.29) is 12.1 Å². The van der Waals surface area contributed by atoms with Crippen molar-refractivity contribution in [2.75, 3.05) is 30.8 Å². The Morgan fingerprint density at radius 3 is 2.85 bits per heavy atom. The Kier molecular flexibility index (Phi) is 4.89. The van der Waals surface area contributed by atoms with Crippen molar-refractivity contribution < 1.29 is 9.53 Å². The minimum atomic E-state index is -0.495. The van der Waals surface area contributed by atoms with Crippen LogP contribution in [-0.2, 0) is 4.74 Å². The van der Waals surface area contributed by atoms with Gasteiger partial charge < -0.3 is 20.3 Å². The number of nitrogens with zero attached hydrogens (tertiary/aromatic N) is 4. The lowest BCUT2D eigenvalue weighted by atomic mass is 10.0. The van der Waals surface area contributed by atoms with Crippen molar-refractivity contribution in [3.05, 3.63) is 24.4 Å². The molecule has 140 valence electrons. The molecule has 0 spiro atoms. The summed E-state index contributed by atoms with van der Waals surface area (Å²) in [6.07, 6.45) is 3.42. The number of hydrogen-bond acceptors (Lipinski definition) is 6. The number of benzene rings is 1. The topological polar surface area (TPSA) is 84.6 Å². The normalized spacial score (nSPS) is 18.0. The molecule has 0 aliphatic carbocycles. The van der Waals surface area contributed by atoms with Gasteiger partial charge in [0, 0.05) is 25.8 Å². The van der Waals surface area contributed by atoms with E-state index in [0.717, 1.165) is 36.2 Å². The van der Waals surface area contributed by atoms with Gasteiger partial charge in [0.1, 0.15) is 11.4 Å². The molecule has 1 aromatic carbocycles. The second kappa shape index (κ2) is 6.97. The van der Waals surface area contributed by atoms with E-state index in [1.807, 2.05) is 39.0 Å². The zero-order valence-corrected chi connectivity index (χ0v) is 15.9. The number of anilines is 2. The summed E-state index contributed by atoms with van der Waals surface area (Å²) < 4.78 is 5.49. The van der Waals surface area contributed by atoms with Gasteiger partial charge in [-0.3, -0.25) is 4.98 Å². The molecular weight excluding hydrogens is 330 g/mol. The summed E-state index contributed by atoms with van der Waals surface area (Å²) in [5.41, 5.74) is 7.59. The Labute approximate surface area is 154 Å². The summed E-state index contributed by atoms with van der Waals surface area (Å²) in [7, 11) is 1.80. The van der Waals surface area contributed by atoms with E-state index in [9.17, 15) is 4.79 Å². The van der Waals surface area contributed by atoms with E-state index in [2.05, 4.69) is 9.88 Å². The minimum Gasteiger partial charge on any atom is -0.444 e. The molecule has 2 heterocycles. The number of nitrogens with two attached hydrogens (primary N) is 1. The van der Waals surface area contributed by atoms with E-state index < -0.39 is 5.60 Å². The van der Waals surface area contributed by atoms with Crippen molar-refractivity contribution in [1.82, 2.24) is 14.9 Å². The van der Waals surface area contributed by atoms with Gasteiger partial charge in [-0.05, 0) is 51.8 Å². The third-order valence-corrected chi connectivity index (χ3v) is 4.50. The second-order valence-corrected chi connectivity index (χ2v) is 7.81. The number of carbonyl (C=O) groups excluding carboxylic acids is 1. The smallest absolute Gasteiger partial charge is 0.410 e. The zero-order chi connectivity index (χ0) is 18.9. The summed E-state index contributed by atoms with van der Waals surface area (Å²) in [4.78, 5) is 25.4. The molecule has 1 fully saturated rings. The molecule has 0 bridgehead atoms. The SMILES string of the molecule is CN(C(=O)OC(C)(C)C)[C@@H]1CCCN(c2cnc3cc(N)ccc3n2)C1. The number of carbonyl (C=O) groups is 1. The summed E-state index contributed by atoms with van der Waals surface area (Å²) in [6, 6.07) is 5.62. The highest BCUT2D eigenvalue weighted by atomic mass is 16.6. The average molecular weight is 357 g/mol. The van der Waals surface area contributed by atoms with Gasteiger partial charge in [0.2, 0.25) is 0 Å². The lowest BCUT2D eigenvalue weighted by Gasteiger charge is -2.38. The Morgan fingerprint density at radius 2 is 2.12 bits per heavy atom. The second-order valence-electron chi connectivity index (χ2n) is 7.81. The number of amides is 1. The molecule has 3 rings (SSSR count). The molecule has 26 heavy (non-hydrogen) atoms. The molecule has 1 saturated heterocycles. The van der Waals surface area contributed by atoms with Crippen LogP contribution in [0.3, 0.4) is 0 Å². The standard InChI is InChI=1S/C19H27N5O2/c1-19(2,3)26-18(25)23(4)14-6-5-9-24(12-14)17-11-21-16-10-13(20)7-8-15(16)22-17/h7-8,10-11,14H,5-6,9,12,20H2,1-4H3/t14-/m1/s1. The quantitative estimate of drug-likeness (QED) is 0.832. The molecule has 7 heteroatoms. The van der Waals surface area contributed by atoms with Crippen molar-refractivity contribution in [2.45, 2.75) is 45.3 Å². The average Bonchev–Trinajstić information content (AvgIpc) is 2.59. The molecule has 2 aromatic rings. The van der Waals surface area contributed by atoms with Crippen molar-refractivity contribution in [2.24, 2.45) is 0 Å². The highest BCUT2D eigenvalue weighted by Gasteiger charge is 2.29. The molecule has 1 atom stereocenters. The first kappa shape index (κ1) is 18.2. The summed E-state index contributed by atoms with van der Waals surface area (Å²) >= 11 is 0. The lowest BCUT2D eigenvalue weighted by molar-refractivity contribution is 0.0209. The van der Waals surface area contributed by atoms with E-state index in [4.69, 9.17) is 15.5 Å². The molecular formula is C19H27N5O2. The summed E-state index contributed by atoms with van der Waals surface area (Å²) in [5, 5.41) is 0. The van der Waals surface area contributed by atoms with Crippen molar-refractivity contribution in [3.63, 3.8) is 0 Å². The van der Waals surface area contributed by atoms with Crippen LogP contribution in [0.2, 0.25) is 0 Å². The fourth-order valence-electron chi connectivity index (χ4n) is 3.13. The highest BCUT2D eigenvalue weighted by molar-refractivity contribution is 5.79. The molecule has 0 saturated carbocycles. The third-order valence-electron chi connectivity index (χ3n) is 4.50. The molecule has 2 N–H and O–H groups in total. The van der Waals surface area contributed by atoms with Crippen LogP contribution in [-0.4, -0.2) is 52.7 Å². The maximum atomic E-state index is 12.4. The number of piperidine rings is 1. The number of nitrogen functional groups attached to an aromatic ring is 1. The maximum Gasteiger partial charge on any atom is 0.410 e. The van der Waals surface area contributed by atoms with Crippen molar-refractivity contribution in [3.8, 4) is 0 Å². The van der Waals surface area contributed by atoms with Crippen LogP contribution >= 0.6 is 0 Å². The van der Waals surface area contributed by atoms with Crippen LogP contribution in [0.15, 0.2) is 24.4 Å². The van der Waals surface area contributed by atoms with Crippen LogP contribution in [0.4, 0.5) is 16.3 Å². The van der Waals surface area contributed by atoms with Crippen LogP contribution in [0, 0.1) is 0 Å². The highest BCUT2D eigenvalue weighted by Crippen LogP contribution is 2.23. The monoisotopic (exact) mass is 357 g/mol. The molecule has 1 aromatic heterocycles. The molecule has 0 unspecified atom stereocenters. The molecule has 7 nitrogen and oxygen atoms in total. The largest absolute Gasteiger partial charge is 0.444 e. The molecule has 0 radical (unpaired) electrons. The van der Waals surface area contributed by atoms with Crippen LogP contribution in [0.5, 0.6) is 0 Å². The third kappa shape index (κ3) is 4.15. The first-order valence-corrected chi connectivity index (χ1v) is 8.96. The first-order valence-electron chi connectivity index (χ1n) is 8.96.